The maximum absolute atomic E-state index is 13.3. The fourth-order valence-electron chi connectivity index (χ4n) is 1.29. The SMILES string of the molecule is CCNCC(CC)Oc1ccccc1F. The minimum atomic E-state index is -0.299. The Bertz CT molecular complexity index is 291. The molecule has 0 fully saturated rings. The molecule has 0 aliphatic rings. The number of hydrogen-bond donors (Lipinski definition) is 1. The van der Waals surface area contributed by atoms with Gasteiger partial charge in [-0.05, 0) is 25.1 Å². The molecule has 1 atom stereocenters. The molecular weight excluding hydrogens is 193 g/mol. The van der Waals surface area contributed by atoms with Crippen molar-refractivity contribution >= 4 is 0 Å². The largest absolute Gasteiger partial charge is 0.486 e. The zero-order valence-corrected chi connectivity index (χ0v) is 9.29. The van der Waals surface area contributed by atoms with Crippen LogP contribution >= 0.6 is 0 Å². The van der Waals surface area contributed by atoms with Crippen LogP contribution in [0.2, 0.25) is 0 Å². The van der Waals surface area contributed by atoms with Crippen molar-refractivity contribution < 1.29 is 9.13 Å². The van der Waals surface area contributed by atoms with Gasteiger partial charge >= 0.3 is 0 Å². The van der Waals surface area contributed by atoms with E-state index >= 15 is 0 Å². The number of rotatable bonds is 6. The van der Waals surface area contributed by atoms with E-state index in [9.17, 15) is 4.39 Å². The summed E-state index contributed by atoms with van der Waals surface area (Å²) in [7, 11) is 0. The van der Waals surface area contributed by atoms with Crippen molar-refractivity contribution in [2.45, 2.75) is 26.4 Å². The van der Waals surface area contributed by atoms with Gasteiger partial charge in [0, 0.05) is 6.54 Å². The average Bonchev–Trinajstić information content (AvgIpc) is 2.26. The van der Waals surface area contributed by atoms with Gasteiger partial charge in [0.05, 0.1) is 0 Å². The van der Waals surface area contributed by atoms with Crippen molar-refractivity contribution in [1.29, 1.82) is 0 Å². The quantitative estimate of drug-likeness (QED) is 0.781. The zero-order valence-electron chi connectivity index (χ0n) is 9.29. The standard InChI is InChI=1S/C12H18FNO/c1-3-10(9-14-4-2)15-12-8-6-5-7-11(12)13/h5-8,10,14H,3-4,9H2,1-2H3. The fraction of sp³-hybridized carbons (Fsp3) is 0.500. The summed E-state index contributed by atoms with van der Waals surface area (Å²) < 4.78 is 18.8. The summed E-state index contributed by atoms with van der Waals surface area (Å²) in [5.41, 5.74) is 0. The second-order valence-corrected chi connectivity index (χ2v) is 3.39. The Labute approximate surface area is 90.4 Å². The highest BCUT2D eigenvalue weighted by Crippen LogP contribution is 2.17. The maximum Gasteiger partial charge on any atom is 0.165 e. The number of likely N-dealkylation sites (N-methyl/N-ethyl adjacent to an activating group) is 1. The molecule has 0 aliphatic heterocycles. The van der Waals surface area contributed by atoms with Crippen molar-refractivity contribution in [2.75, 3.05) is 13.1 Å². The van der Waals surface area contributed by atoms with E-state index < -0.39 is 0 Å². The third kappa shape index (κ3) is 3.88. The average molecular weight is 211 g/mol. The summed E-state index contributed by atoms with van der Waals surface area (Å²) in [5.74, 6) is 0.0368. The van der Waals surface area contributed by atoms with Crippen LogP contribution in [0.5, 0.6) is 5.75 Å². The van der Waals surface area contributed by atoms with Crippen LogP contribution in [0.4, 0.5) is 4.39 Å². The topological polar surface area (TPSA) is 21.3 Å². The molecule has 1 N–H and O–H groups in total. The van der Waals surface area contributed by atoms with Crippen LogP contribution in [-0.2, 0) is 0 Å². The van der Waals surface area contributed by atoms with Crippen LogP contribution < -0.4 is 10.1 Å². The highest BCUT2D eigenvalue weighted by molar-refractivity contribution is 5.23. The van der Waals surface area contributed by atoms with E-state index in [1.54, 1.807) is 18.2 Å². The number of hydrogen-bond acceptors (Lipinski definition) is 2. The van der Waals surface area contributed by atoms with Gasteiger partial charge < -0.3 is 10.1 Å². The molecule has 2 nitrogen and oxygen atoms in total. The van der Waals surface area contributed by atoms with Gasteiger partial charge in [0.1, 0.15) is 6.10 Å². The van der Waals surface area contributed by atoms with E-state index in [0.29, 0.717) is 5.75 Å². The molecule has 0 radical (unpaired) electrons. The lowest BCUT2D eigenvalue weighted by atomic mass is 10.2. The Morgan fingerprint density at radius 3 is 2.67 bits per heavy atom. The van der Waals surface area contributed by atoms with Gasteiger partial charge in [-0.25, -0.2) is 4.39 Å². The molecule has 15 heavy (non-hydrogen) atoms. The van der Waals surface area contributed by atoms with Crippen molar-refractivity contribution in [1.82, 2.24) is 5.32 Å². The first-order valence-corrected chi connectivity index (χ1v) is 5.39. The highest BCUT2D eigenvalue weighted by atomic mass is 19.1. The number of para-hydroxylation sites is 1. The smallest absolute Gasteiger partial charge is 0.165 e. The first-order valence-electron chi connectivity index (χ1n) is 5.39. The van der Waals surface area contributed by atoms with E-state index in [4.69, 9.17) is 4.74 Å². The molecular formula is C12H18FNO. The first-order chi connectivity index (χ1) is 7.27. The van der Waals surface area contributed by atoms with E-state index in [1.165, 1.54) is 6.07 Å². The van der Waals surface area contributed by atoms with Gasteiger partial charge in [0.25, 0.3) is 0 Å². The lowest BCUT2D eigenvalue weighted by Crippen LogP contribution is -2.30. The van der Waals surface area contributed by atoms with Crippen molar-refractivity contribution in [3.63, 3.8) is 0 Å². The minimum absolute atomic E-state index is 0.0295. The molecule has 0 bridgehead atoms. The van der Waals surface area contributed by atoms with E-state index in [1.807, 2.05) is 13.8 Å². The van der Waals surface area contributed by atoms with Crippen LogP contribution in [0.25, 0.3) is 0 Å². The zero-order chi connectivity index (χ0) is 11.1. The van der Waals surface area contributed by atoms with Crippen molar-refractivity contribution in [3.05, 3.63) is 30.1 Å². The van der Waals surface area contributed by atoms with E-state index in [2.05, 4.69) is 5.32 Å². The van der Waals surface area contributed by atoms with Crippen LogP contribution in [-0.4, -0.2) is 19.2 Å². The van der Waals surface area contributed by atoms with Gasteiger partial charge in [-0.15, -0.1) is 0 Å². The normalized spacial score (nSPS) is 12.5. The van der Waals surface area contributed by atoms with Crippen molar-refractivity contribution in [3.8, 4) is 5.75 Å². The number of benzene rings is 1. The highest BCUT2D eigenvalue weighted by Gasteiger charge is 2.09. The van der Waals surface area contributed by atoms with E-state index in [-0.39, 0.29) is 11.9 Å². The first kappa shape index (κ1) is 12.0. The number of halogens is 1. The van der Waals surface area contributed by atoms with Crippen LogP contribution in [0.3, 0.4) is 0 Å². The van der Waals surface area contributed by atoms with Gasteiger partial charge in [0.2, 0.25) is 0 Å². The molecule has 3 heteroatoms. The number of ether oxygens (including phenoxy) is 1. The van der Waals surface area contributed by atoms with E-state index in [0.717, 1.165) is 19.5 Å². The molecule has 0 aromatic heterocycles. The monoisotopic (exact) mass is 211 g/mol. The van der Waals surface area contributed by atoms with Crippen LogP contribution in [0.15, 0.2) is 24.3 Å². The summed E-state index contributed by atoms with van der Waals surface area (Å²) in [5, 5.41) is 3.19. The molecule has 1 rings (SSSR count). The molecule has 1 aromatic rings. The lowest BCUT2D eigenvalue weighted by molar-refractivity contribution is 0.186. The minimum Gasteiger partial charge on any atom is -0.486 e. The maximum atomic E-state index is 13.3. The predicted octanol–water partition coefficient (Wildman–Crippen LogP) is 2.59. The second kappa shape index (κ2) is 6.40. The fourth-order valence-corrected chi connectivity index (χ4v) is 1.29. The van der Waals surface area contributed by atoms with Crippen molar-refractivity contribution in [2.24, 2.45) is 0 Å². The molecule has 0 spiro atoms. The third-order valence-corrected chi connectivity index (χ3v) is 2.21. The summed E-state index contributed by atoms with van der Waals surface area (Å²) in [4.78, 5) is 0. The molecule has 1 aromatic carbocycles. The van der Waals surface area contributed by atoms with Gasteiger partial charge in [-0.2, -0.15) is 0 Å². The Kier molecular flexibility index (Phi) is 5.12. The predicted molar refractivity (Wildman–Crippen MR) is 59.7 cm³/mol. The second-order valence-electron chi connectivity index (χ2n) is 3.39. The lowest BCUT2D eigenvalue weighted by Gasteiger charge is -2.18. The summed E-state index contributed by atoms with van der Waals surface area (Å²) in [6, 6.07) is 6.51. The number of nitrogens with one attached hydrogen (secondary N) is 1. The summed E-state index contributed by atoms with van der Waals surface area (Å²) >= 11 is 0. The molecule has 0 saturated heterocycles. The van der Waals surface area contributed by atoms with Gasteiger partial charge in [-0.3, -0.25) is 0 Å². The van der Waals surface area contributed by atoms with Gasteiger partial charge in [-0.1, -0.05) is 26.0 Å². The molecule has 84 valence electrons. The molecule has 1 unspecified atom stereocenters. The molecule has 0 saturated carbocycles. The Morgan fingerprint density at radius 1 is 1.33 bits per heavy atom. The molecule has 0 aliphatic carbocycles. The third-order valence-electron chi connectivity index (χ3n) is 2.21. The Hall–Kier alpha value is -1.09. The molecule has 0 heterocycles. The van der Waals surface area contributed by atoms with Crippen LogP contribution in [0, 0.1) is 5.82 Å². The van der Waals surface area contributed by atoms with Crippen LogP contribution in [0.1, 0.15) is 20.3 Å². The molecule has 0 amide bonds. The Morgan fingerprint density at radius 2 is 2.07 bits per heavy atom. The van der Waals surface area contributed by atoms with Gasteiger partial charge in [0.15, 0.2) is 11.6 Å². The summed E-state index contributed by atoms with van der Waals surface area (Å²) in [6.45, 7) is 5.72. The summed E-state index contributed by atoms with van der Waals surface area (Å²) in [6.07, 6.45) is 0.892. The Balaban J connectivity index is 2.54.